The van der Waals surface area contributed by atoms with Crippen LogP contribution in [0, 0.1) is 0 Å². The van der Waals surface area contributed by atoms with Crippen LogP contribution in [0.3, 0.4) is 0 Å². The summed E-state index contributed by atoms with van der Waals surface area (Å²) < 4.78 is 28.9. The summed E-state index contributed by atoms with van der Waals surface area (Å²) in [6.45, 7) is 0. The molecule has 16 heavy (non-hydrogen) atoms. The predicted molar refractivity (Wildman–Crippen MR) is 61.2 cm³/mol. The molecule has 2 atom stereocenters. The molecule has 2 saturated heterocycles. The Bertz CT molecular complexity index is 354. The fourth-order valence-corrected chi connectivity index (χ4v) is 4.20. The van der Waals surface area contributed by atoms with Crippen molar-refractivity contribution in [3.63, 3.8) is 0 Å². The van der Waals surface area contributed by atoms with Gasteiger partial charge in [0.25, 0.3) is 10.2 Å². The second-order valence-electron chi connectivity index (χ2n) is 5.32. The fourth-order valence-electron chi connectivity index (χ4n) is 2.83. The first kappa shape index (κ1) is 11.0. The second kappa shape index (κ2) is 3.94. The van der Waals surface area contributed by atoms with E-state index in [1.54, 1.807) is 0 Å². The fraction of sp³-hybridized carbons (Fsp3) is 1.00. The maximum absolute atomic E-state index is 11.7. The molecule has 2 unspecified atom stereocenters. The molecule has 3 rings (SSSR count). The molecule has 2 aliphatic heterocycles. The van der Waals surface area contributed by atoms with Gasteiger partial charge in [-0.15, -0.1) is 0 Å². The molecule has 0 aromatic heterocycles. The van der Waals surface area contributed by atoms with Crippen molar-refractivity contribution in [1.82, 2.24) is 14.8 Å². The van der Waals surface area contributed by atoms with E-state index < -0.39 is 10.2 Å². The van der Waals surface area contributed by atoms with Crippen LogP contribution >= 0.6 is 0 Å². The van der Waals surface area contributed by atoms with Crippen LogP contribution in [-0.4, -0.2) is 32.6 Å². The molecule has 0 spiro atoms. The van der Waals surface area contributed by atoms with Crippen molar-refractivity contribution < 1.29 is 8.42 Å². The van der Waals surface area contributed by atoms with Crippen LogP contribution in [0.4, 0.5) is 0 Å². The molecule has 5 nitrogen and oxygen atoms in total. The number of fused-ring (bicyclic) bond motifs is 2. The summed E-state index contributed by atoms with van der Waals surface area (Å²) in [6, 6.07) is 1.35. The number of hydrogen-bond donors (Lipinski definition) is 3. The van der Waals surface area contributed by atoms with Gasteiger partial charge in [0.1, 0.15) is 0 Å². The predicted octanol–water partition coefficient (Wildman–Crippen LogP) is -0.144. The van der Waals surface area contributed by atoms with Crippen molar-refractivity contribution in [2.24, 2.45) is 0 Å². The van der Waals surface area contributed by atoms with Gasteiger partial charge >= 0.3 is 0 Å². The molecular formula is C10H19N3O2S. The normalized spacial score (nSPS) is 38.9. The van der Waals surface area contributed by atoms with E-state index in [0.717, 1.165) is 25.7 Å². The Morgan fingerprint density at radius 1 is 0.875 bits per heavy atom. The molecular weight excluding hydrogens is 226 g/mol. The third-order valence-corrected chi connectivity index (χ3v) is 4.98. The Hall–Kier alpha value is -0.170. The Labute approximate surface area is 96.6 Å². The zero-order valence-corrected chi connectivity index (χ0v) is 10.1. The molecule has 2 bridgehead atoms. The largest absolute Gasteiger partial charge is 0.311 e. The lowest BCUT2D eigenvalue weighted by molar-refractivity contribution is 0.344. The molecule has 92 valence electrons. The molecule has 0 aromatic rings. The first-order chi connectivity index (χ1) is 7.61. The van der Waals surface area contributed by atoms with Crippen molar-refractivity contribution >= 4 is 10.2 Å². The zero-order valence-electron chi connectivity index (χ0n) is 9.28. The SMILES string of the molecule is O=S(=O)(NC1CC1)NC1CC2CCC(C1)N2. The van der Waals surface area contributed by atoms with Crippen LogP contribution in [0.5, 0.6) is 0 Å². The van der Waals surface area contributed by atoms with Crippen LogP contribution in [0.1, 0.15) is 38.5 Å². The Balaban J connectivity index is 1.57. The van der Waals surface area contributed by atoms with E-state index in [2.05, 4.69) is 14.8 Å². The molecule has 0 aromatic carbocycles. The van der Waals surface area contributed by atoms with Gasteiger partial charge in [-0.2, -0.15) is 17.9 Å². The standard InChI is InChI=1S/C10H19N3O2S/c14-16(15,12-7-1-2-7)13-10-5-8-3-4-9(6-10)11-8/h7-13H,1-6H2. The highest BCUT2D eigenvalue weighted by molar-refractivity contribution is 7.87. The first-order valence-electron chi connectivity index (χ1n) is 6.16. The van der Waals surface area contributed by atoms with Crippen molar-refractivity contribution in [2.75, 3.05) is 0 Å². The van der Waals surface area contributed by atoms with Gasteiger partial charge in [0.15, 0.2) is 0 Å². The summed E-state index contributed by atoms with van der Waals surface area (Å²) in [5.41, 5.74) is 0. The number of piperidine rings is 1. The zero-order chi connectivity index (χ0) is 11.2. The van der Waals surface area contributed by atoms with Gasteiger partial charge in [-0.1, -0.05) is 0 Å². The summed E-state index contributed by atoms with van der Waals surface area (Å²) in [5, 5.41) is 3.50. The molecule has 1 saturated carbocycles. The summed E-state index contributed by atoms with van der Waals surface area (Å²) in [6.07, 6.45) is 6.22. The lowest BCUT2D eigenvalue weighted by Gasteiger charge is -2.29. The van der Waals surface area contributed by atoms with Crippen LogP contribution in [0.2, 0.25) is 0 Å². The van der Waals surface area contributed by atoms with Crippen LogP contribution < -0.4 is 14.8 Å². The Kier molecular flexibility index (Phi) is 2.70. The third kappa shape index (κ3) is 2.56. The maximum atomic E-state index is 11.7. The van der Waals surface area contributed by atoms with Gasteiger partial charge in [-0.25, -0.2) is 0 Å². The molecule has 0 amide bonds. The average Bonchev–Trinajstić information content (AvgIpc) is 2.90. The molecule has 0 radical (unpaired) electrons. The van der Waals surface area contributed by atoms with Gasteiger partial charge in [-0.3, -0.25) is 0 Å². The maximum Gasteiger partial charge on any atom is 0.277 e. The van der Waals surface area contributed by atoms with Gasteiger partial charge in [0, 0.05) is 24.2 Å². The number of hydrogen-bond acceptors (Lipinski definition) is 3. The molecule has 3 aliphatic rings. The van der Waals surface area contributed by atoms with Crippen LogP contribution in [0.25, 0.3) is 0 Å². The summed E-state index contributed by atoms with van der Waals surface area (Å²) in [7, 11) is -3.26. The molecule has 3 fully saturated rings. The lowest BCUT2D eigenvalue weighted by atomic mass is 10.0. The van der Waals surface area contributed by atoms with Crippen LogP contribution in [0.15, 0.2) is 0 Å². The van der Waals surface area contributed by atoms with Gasteiger partial charge in [0.05, 0.1) is 0 Å². The number of rotatable bonds is 4. The second-order valence-corrected chi connectivity index (χ2v) is 6.80. The minimum atomic E-state index is -3.26. The lowest BCUT2D eigenvalue weighted by Crippen LogP contribution is -2.51. The highest BCUT2D eigenvalue weighted by Crippen LogP contribution is 2.27. The van der Waals surface area contributed by atoms with E-state index in [1.165, 1.54) is 12.8 Å². The average molecular weight is 245 g/mol. The van der Waals surface area contributed by atoms with Gasteiger partial charge in [-0.05, 0) is 38.5 Å². The van der Waals surface area contributed by atoms with E-state index in [9.17, 15) is 8.42 Å². The summed E-state index contributed by atoms with van der Waals surface area (Å²) in [4.78, 5) is 0. The van der Waals surface area contributed by atoms with E-state index in [1.807, 2.05) is 0 Å². The van der Waals surface area contributed by atoms with E-state index in [0.29, 0.717) is 12.1 Å². The van der Waals surface area contributed by atoms with Gasteiger partial charge in [0.2, 0.25) is 0 Å². The highest BCUT2D eigenvalue weighted by atomic mass is 32.2. The molecule has 6 heteroatoms. The minimum Gasteiger partial charge on any atom is -0.311 e. The van der Waals surface area contributed by atoms with Gasteiger partial charge < -0.3 is 5.32 Å². The third-order valence-electron chi connectivity index (χ3n) is 3.69. The Morgan fingerprint density at radius 3 is 2.00 bits per heavy atom. The van der Waals surface area contributed by atoms with E-state index in [4.69, 9.17) is 0 Å². The van der Waals surface area contributed by atoms with Crippen molar-refractivity contribution in [3.8, 4) is 0 Å². The topological polar surface area (TPSA) is 70.2 Å². The van der Waals surface area contributed by atoms with Crippen LogP contribution in [-0.2, 0) is 10.2 Å². The van der Waals surface area contributed by atoms with Crippen molar-refractivity contribution in [1.29, 1.82) is 0 Å². The summed E-state index contributed by atoms with van der Waals surface area (Å²) >= 11 is 0. The molecule has 1 aliphatic carbocycles. The number of nitrogens with one attached hydrogen (secondary N) is 3. The van der Waals surface area contributed by atoms with E-state index in [-0.39, 0.29) is 12.1 Å². The Morgan fingerprint density at radius 2 is 1.44 bits per heavy atom. The van der Waals surface area contributed by atoms with Crippen molar-refractivity contribution in [2.45, 2.75) is 62.7 Å². The molecule has 2 heterocycles. The summed E-state index contributed by atoms with van der Waals surface area (Å²) in [5.74, 6) is 0. The minimum absolute atomic E-state index is 0.120. The smallest absolute Gasteiger partial charge is 0.277 e. The quantitative estimate of drug-likeness (QED) is 0.645. The highest BCUT2D eigenvalue weighted by Gasteiger charge is 2.36. The van der Waals surface area contributed by atoms with E-state index >= 15 is 0 Å². The molecule has 3 N–H and O–H groups in total. The first-order valence-corrected chi connectivity index (χ1v) is 7.65. The monoisotopic (exact) mass is 245 g/mol. The van der Waals surface area contributed by atoms with Crippen molar-refractivity contribution in [3.05, 3.63) is 0 Å².